The minimum atomic E-state index is -0.230. The Hall–Kier alpha value is -2.60. The summed E-state index contributed by atoms with van der Waals surface area (Å²) in [5.41, 5.74) is 3.17. The molecule has 0 atom stereocenters. The second-order valence-electron chi connectivity index (χ2n) is 6.43. The molecule has 1 amide bonds. The van der Waals surface area contributed by atoms with Gasteiger partial charge in [0.1, 0.15) is 11.5 Å². The van der Waals surface area contributed by atoms with E-state index >= 15 is 0 Å². The Labute approximate surface area is 163 Å². The van der Waals surface area contributed by atoms with E-state index in [-0.39, 0.29) is 12.5 Å². The number of hydrogen-bond donors (Lipinski definition) is 1. The molecule has 3 rings (SSSR count). The zero-order valence-corrected chi connectivity index (χ0v) is 16.7. The van der Waals surface area contributed by atoms with Gasteiger partial charge in [0.25, 0.3) is 5.91 Å². The van der Waals surface area contributed by atoms with E-state index in [0.29, 0.717) is 17.5 Å². The van der Waals surface area contributed by atoms with Gasteiger partial charge in [-0.25, -0.2) is 4.98 Å². The number of nitrogens with one attached hydrogen (secondary N) is 1. The van der Waals surface area contributed by atoms with Gasteiger partial charge >= 0.3 is 0 Å². The molecule has 27 heavy (non-hydrogen) atoms. The van der Waals surface area contributed by atoms with Crippen molar-refractivity contribution >= 4 is 32.6 Å². The third-order valence-electron chi connectivity index (χ3n) is 4.22. The molecule has 142 valence electrons. The Morgan fingerprint density at radius 3 is 2.63 bits per heavy atom. The van der Waals surface area contributed by atoms with Gasteiger partial charge in [-0.3, -0.25) is 10.1 Å². The maximum absolute atomic E-state index is 12.2. The smallest absolute Gasteiger partial charge is 0.264 e. The number of aromatic nitrogens is 1. The van der Waals surface area contributed by atoms with Crippen LogP contribution in [0.15, 0.2) is 36.4 Å². The number of carbonyl (C=O) groups excluding carboxylic acids is 1. The van der Waals surface area contributed by atoms with Gasteiger partial charge in [0.15, 0.2) is 11.7 Å². The average molecular weight is 385 g/mol. The third-order valence-corrected chi connectivity index (χ3v) is 5.15. The fraction of sp³-hybridized carbons (Fsp3) is 0.333. The Kier molecular flexibility index (Phi) is 6.29. The van der Waals surface area contributed by atoms with Crippen LogP contribution in [0.2, 0.25) is 0 Å². The molecule has 0 bridgehead atoms. The monoisotopic (exact) mass is 384 g/mol. The highest BCUT2D eigenvalue weighted by atomic mass is 32.1. The van der Waals surface area contributed by atoms with Crippen LogP contribution in [0.25, 0.3) is 10.2 Å². The molecule has 0 saturated heterocycles. The SMILES string of the molecule is CCCCOc1ccc2nc(NC(=O)COc3ccc(C)c(C)c3)sc2c1. The summed E-state index contributed by atoms with van der Waals surface area (Å²) in [6.45, 7) is 6.85. The van der Waals surface area contributed by atoms with E-state index in [1.165, 1.54) is 16.9 Å². The lowest BCUT2D eigenvalue weighted by molar-refractivity contribution is -0.118. The van der Waals surface area contributed by atoms with Gasteiger partial charge in [0, 0.05) is 0 Å². The fourth-order valence-electron chi connectivity index (χ4n) is 2.49. The molecule has 1 N–H and O–H groups in total. The van der Waals surface area contributed by atoms with Gasteiger partial charge in [-0.05, 0) is 61.7 Å². The highest BCUT2D eigenvalue weighted by Gasteiger charge is 2.10. The van der Waals surface area contributed by atoms with Gasteiger partial charge in [-0.15, -0.1) is 0 Å². The predicted octanol–water partition coefficient (Wildman–Crippen LogP) is 5.11. The number of ether oxygens (including phenoxy) is 2. The maximum atomic E-state index is 12.2. The van der Waals surface area contributed by atoms with Crippen molar-refractivity contribution in [3.05, 3.63) is 47.5 Å². The van der Waals surface area contributed by atoms with Crippen LogP contribution in [0.1, 0.15) is 30.9 Å². The molecule has 5 nitrogen and oxygen atoms in total. The molecule has 2 aromatic carbocycles. The highest BCUT2D eigenvalue weighted by molar-refractivity contribution is 7.22. The first-order valence-electron chi connectivity index (χ1n) is 9.08. The van der Waals surface area contributed by atoms with E-state index in [2.05, 4.69) is 17.2 Å². The third kappa shape index (κ3) is 5.20. The number of rotatable bonds is 8. The van der Waals surface area contributed by atoms with Crippen molar-refractivity contribution in [1.82, 2.24) is 4.98 Å². The number of thiazole rings is 1. The summed E-state index contributed by atoms with van der Waals surface area (Å²) in [6.07, 6.45) is 2.13. The standard InChI is InChI=1S/C21H24N2O3S/c1-4-5-10-25-17-8-9-18-19(12-17)27-21(22-18)23-20(24)13-26-16-7-6-14(2)15(3)11-16/h6-9,11-12H,4-5,10,13H2,1-3H3,(H,22,23,24). The Morgan fingerprint density at radius 2 is 1.85 bits per heavy atom. The van der Waals surface area contributed by atoms with Crippen LogP contribution in [0.4, 0.5) is 5.13 Å². The van der Waals surface area contributed by atoms with E-state index < -0.39 is 0 Å². The minimum Gasteiger partial charge on any atom is -0.494 e. The molecular weight excluding hydrogens is 360 g/mol. The van der Waals surface area contributed by atoms with Gasteiger partial charge in [0.2, 0.25) is 0 Å². The van der Waals surface area contributed by atoms with Crippen molar-refractivity contribution < 1.29 is 14.3 Å². The molecular formula is C21H24N2O3S. The Balaban J connectivity index is 1.58. The molecule has 0 aliphatic rings. The number of unbranched alkanes of at least 4 members (excludes halogenated alkanes) is 1. The summed E-state index contributed by atoms with van der Waals surface area (Å²) in [5.74, 6) is 1.29. The predicted molar refractivity (Wildman–Crippen MR) is 110 cm³/mol. The Morgan fingerprint density at radius 1 is 1.07 bits per heavy atom. The van der Waals surface area contributed by atoms with Gasteiger partial charge < -0.3 is 9.47 Å². The zero-order chi connectivity index (χ0) is 19.2. The number of fused-ring (bicyclic) bond motifs is 1. The Bertz CT molecular complexity index is 936. The van der Waals surface area contributed by atoms with Crippen molar-refractivity contribution in [2.45, 2.75) is 33.6 Å². The molecule has 3 aromatic rings. The van der Waals surface area contributed by atoms with E-state index in [1.807, 2.05) is 50.2 Å². The maximum Gasteiger partial charge on any atom is 0.264 e. The number of anilines is 1. The first-order chi connectivity index (χ1) is 13.0. The van der Waals surface area contributed by atoms with Gasteiger partial charge in [-0.2, -0.15) is 0 Å². The topological polar surface area (TPSA) is 60.5 Å². The number of aryl methyl sites for hydroxylation is 2. The number of hydrogen-bond acceptors (Lipinski definition) is 5. The van der Waals surface area contributed by atoms with Crippen LogP contribution < -0.4 is 14.8 Å². The van der Waals surface area contributed by atoms with Crippen LogP contribution >= 0.6 is 11.3 Å². The summed E-state index contributed by atoms with van der Waals surface area (Å²) in [7, 11) is 0. The first-order valence-corrected chi connectivity index (χ1v) is 9.90. The van der Waals surface area contributed by atoms with Crippen LogP contribution in [0.3, 0.4) is 0 Å². The molecule has 0 unspecified atom stereocenters. The van der Waals surface area contributed by atoms with Crippen molar-refractivity contribution in [1.29, 1.82) is 0 Å². The summed E-state index contributed by atoms with van der Waals surface area (Å²) in [6, 6.07) is 11.6. The van der Waals surface area contributed by atoms with Crippen molar-refractivity contribution in [2.24, 2.45) is 0 Å². The lowest BCUT2D eigenvalue weighted by Gasteiger charge is -2.07. The van der Waals surface area contributed by atoms with E-state index in [1.54, 1.807) is 0 Å². The second-order valence-corrected chi connectivity index (χ2v) is 7.46. The summed E-state index contributed by atoms with van der Waals surface area (Å²) in [5, 5.41) is 3.36. The van der Waals surface area contributed by atoms with Crippen LogP contribution in [0.5, 0.6) is 11.5 Å². The van der Waals surface area contributed by atoms with Crippen molar-refractivity contribution in [3.8, 4) is 11.5 Å². The van der Waals surface area contributed by atoms with Crippen LogP contribution in [-0.4, -0.2) is 24.1 Å². The van der Waals surface area contributed by atoms with Crippen molar-refractivity contribution in [3.63, 3.8) is 0 Å². The molecule has 0 spiro atoms. The number of benzene rings is 2. The normalized spacial score (nSPS) is 10.8. The zero-order valence-electron chi connectivity index (χ0n) is 15.9. The van der Waals surface area contributed by atoms with Gasteiger partial charge in [0.05, 0.1) is 16.8 Å². The molecule has 0 radical (unpaired) electrons. The molecule has 0 fully saturated rings. The average Bonchev–Trinajstić information content (AvgIpc) is 3.04. The van der Waals surface area contributed by atoms with Crippen LogP contribution in [-0.2, 0) is 4.79 Å². The van der Waals surface area contributed by atoms with E-state index in [9.17, 15) is 4.79 Å². The summed E-state index contributed by atoms with van der Waals surface area (Å²) in [4.78, 5) is 16.6. The quantitative estimate of drug-likeness (QED) is 0.548. The number of carbonyl (C=O) groups is 1. The van der Waals surface area contributed by atoms with E-state index in [4.69, 9.17) is 9.47 Å². The lowest BCUT2D eigenvalue weighted by Crippen LogP contribution is -2.20. The van der Waals surface area contributed by atoms with E-state index in [0.717, 1.165) is 34.4 Å². The number of amides is 1. The minimum absolute atomic E-state index is 0.0518. The largest absolute Gasteiger partial charge is 0.494 e. The van der Waals surface area contributed by atoms with Crippen LogP contribution in [0, 0.1) is 13.8 Å². The first kappa shape index (κ1) is 19.2. The second kappa shape index (κ2) is 8.86. The van der Waals surface area contributed by atoms with Crippen molar-refractivity contribution in [2.75, 3.05) is 18.5 Å². The molecule has 1 heterocycles. The summed E-state index contributed by atoms with van der Waals surface area (Å²) >= 11 is 1.43. The molecule has 6 heteroatoms. The molecule has 0 aliphatic carbocycles. The highest BCUT2D eigenvalue weighted by Crippen LogP contribution is 2.29. The fourth-order valence-corrected chi connectivity index (χ4v) is 3.40. The summed E-state index contributed by atoms with van der Waals surface area (Å²) < 4.78 is 12.3. The lowest BCUT2D eigenvalue weighted by atomic mass is 10.1. The van der Waals surface area contributed by atoms with Gasteiger partial charge in [-0.1, -0.05) is 30.7 Å². The molecule has 0 aliphatic heterocycles. The molecule has 0 saturated carbocycles. The molecule has 1 aromatic heterocycles. The number of nitrogens with zero attached hydrogens (tertiary/aromatic N) is 1.